The van der Waals surface area contributed by atoms with Crippen molar-refractivity contribution >= 4 is 33.2 Å². The number of sulfonamides is 1. The second-order valence-corrected chi connectivity index (χ2v) is 12.0. The Hall–Kier alpha value is -2.79. The number of anilines is 1. The Kier molecular flexibility index (Phi) is 6.86. The van der Waals surface area contributed by atoms with Gasteiger partial charge in [-0.1, -0.05) is 16.8 Å². The molecule has 2 aliphatic rings. The van der Waals surface area contributed by atoms with Crippen molar-refractivity contribution in [2.45, 2.75) is 30.7 Å². The van der Waals surface area contributed by atoms with Crippen LogP contribution in [0.5, 0.6) is 0 Å². The van der Waals surface area contributed by atoms with Crippen LogP contribution in [0.25, 0.3) is 11.4 Å². The number of hydrogen-bond donors (Lipinski definition) is 0. The maximum atomic E-state index is 13.3. The van der Waals surface area contributed by atoms with Gasteiger partial charge in [-0.05, 0) is 80.4 Å². The molecule has 0 atom stereocenters. The molecule has 1 fully saturated rings. The van der Waals surface area contributed by atoms with Crippen molar-refractivity contribution in [1.82, 2.24) is 19.3 Å². The minimum Gasteiger partial charge on any atom is -0.338 e. The third-order valence-corrected chi connectivity index (χ3v) is 8.92. The molecule has 11 heteroatoms. The van der Waals surface area contributed by atoms with Crippen LogP contribution in [-0.4, -0.2) is 67.4 Å². The normalized spacial score (nSPS) is 17.1. The van der Waals surface area contributed by atoms with Gasteiger partial charge in [0, 0.05) is 42.8 Å². The third-order valence-electron chi connectivity index (χ3n) is 6.86. The first-order valence-corrected chi connectivity index (χ1v) is 13.7. The van der Waals surface area contributed by atoms with Crippen molar-refractivity contribution < 1.29 is 17.7 Å². The SMILES string of the molecule is CN(C)S(=O)(=O)c1ccc2c(c1)CCN2C(=O)C1CCN(Cc2nc(-c3ccc(Cl)cc3)no2)CC1. The Morgan fingerprint density at radius 2 is 1.83 bits per heavy atom. The van der Waals surface area contributed by atoms with Crippen molar-refractivity contribution in [1.29, 1.82) is 0 Å². The highest BCUT2D eigenvalue weighted by atomic mass is 35.5. The van der Waals surface area contributed by atoms with Gasteiger partial charge < -0.3 is 9.42 Å². The van der Waals surface area contributed by atoms with Gasteiger partial charge in [0.15, 0.2) is 0 Å². The number of benzene rings is 2. The molecule has 3 heterocycles. The summed E-state index contributed by atoms with van der Waals surface area (Å²) < 4.78 is 31.6. The Balaban J connectivity index is 1.18. The molecule has 5 rings (SSSR count). The van der Waals surface area contributed by atoms with Crippen molar-refractivity contribution in [3.8, 4) is 11.4 Å². The predicted octanol–water partition coefficient (Wildman–Crippen LogP) is 3.44. The summed E-state index contributed by atoms with van der Waals surface area (Å²) in [4.78, 5) is 22.1. The standard InChI is InChI=1S/C25H28ClN5O4S/c1-29(2)36(33,34)21-7-8-22-19(15-21)11-14-31(22)25(32)18-9-12-30(13-10-18)16-23-27-24(28-35-23)17-3-5-20(26)6-4-17/h3-8,15,18H,9-14,16H2,1-2H3. The largest absolute Gasteiger partial charge is 0.338 e. The molecule has 0 aliphatic carbocycles. The first kappa shape index (κ1) is 24.9. The van der Waals surface area contributed by atoms with Crippen molar-refractivity contribution in [2.75, 3.05) is 38.6 Å². The molecule has 9 nitrogen and oxygen atoms in total. The lowest BCUT2D eigenvalue weighted by Gasteiger charge is -2.32. The van der Waals surface area contributed by atoms with Crippen LogP contribution < -0.4 is 4.90 Å². The Bertz CT molecular complexity index is 1370. The maximum Gasteiger partial charge on any atom is 0.242 e. The van der Waals surface area contributed by atoms with Crippen LogP contribution in [0.2, 0.25) is 5.02 Å². The number of fused-ring (bicyclic) bond motifs is 1. The topological polar surface area (TPSA) is 99.9 Å². The van der Waals surface area contributed by atoms with E-state index in [0.29, 0.717) is 36.2 Å². The molecule has 0 spiro atoms. The van der Waals surface area contributed by atoms with Crippen LogP contribution in [0.1, 0.15) is 24.3 Å². The lowest BCUT2D eigenvalue weighted by molar-refractivity contribution is -0.123. The number of rotatable bonds is 6. The van der Waals surface area contributed by atoms with Gasteiger partial charge in [0.05, 0.1) is 11.4 Å². The highest BCUT2D eigenvalue weighted by Crippen LogP contribution is 2.33. The lowest BCUT2D eigenvalue weighted by Crippen LogP contribution is -2.42. The summed E-state index contributed by atoms with van der Waals surface area (Å²) >= 11 is 5.94. The number of nitrogens with zero attached hydrogens (tertiary/aromatic N) is 5. The number of carbonyl (C=O) groups excluding carboxylic acids is 1. The van der Waals surface area contributed by atoms with E-state index >= 15 is 0 Å². The van der Waals surface area contributed by atoms with E-state index in [1.807, 2.05) is 17.0 Å². The fourth-order valence-electron chi connectivity index (χ4n) is 4.76. The zero-order chi connectivity index (χ0) is 25.4. The number of halogens is 1. The molecular weight excluding hydrogens is 502 g/mol. The third kappa shape index (κ3) is 4.90. The quantitative estimate of drug-likeness (QED) is 0.482. The maximum absolute atomic E-state index is 13.3. The van der Waals surface area contributed by atoms with E-state index < -0.39 is 10.0 Å². The van der Waals surface area contributed by atoms with Gasteiger partial charge in [-0.3, -0.25) is 9.69 Å². The first-order chi connectivity index (χ1) is 17.2. The molecule has 190 valence electrons. The van der Waals surface area contributed by atoms with Gasteiger partial charge in [0.1, 0.15) is 0 Å². The van der Waals surface area contributed by atoms with Crippen LogP contribution in [0.15, 0.2) is 51.9 Å². The zero-order valence-corrected chi connectivity index (χ0v) is 21.8. The van der Waals surface area contributed by atoms with Gasteiger partial charge in [0.2, 0.25) is 27.6 Å². The minimum absolute atomic E-state index is 0.0651. The monoisotopic (exact) mass is 529 g/mol. The summed E-state index contributed by atoms with van der Waals surface area (Å²) in [6.07, 6.45) is 2.15. The summed E-state index contributed by atoms with van der Waals surface area (Å²) in [5, 5.41) is 4.72. The van der Waals surface area contributed by atoms with E-state index in [9.17, 15) is 13.2 Å². The van der Waals surface area contributed by atoms with Gasteiger partial charge in [-0.2, -0.15) is 4.98 Å². The predicted molar refractivity (Wildman–Crippen MR) is 136 cm³/mol. The summed E-state index contributed by atoms with van der Waals surface area (Å²) in [6, 6.07) is 12.3. The van der Waals surface area contributed by atoms with Crippen molar-refractivity contribution in [3.63, 3.8) is 0 Å². The molecule has 0 N–H and O–H groups in total. The van der Waals surface area contributed by atoms with E-state index in [4.69, 9.17) is 16.1 Å². The fourth-order valence-corrected chi connectivity index (χ4v) is 5.84. The van der Waals surface area contributed by atoms with E-state index in [1.54, 1.807) is 30.3 Å². The number of carbonyl (C=O) groups is 1. The molecule has 0 saturated carbocycles. The van der Waals surface area contributed by atoms with Gasteiger partial charge >= 0.3 is 0 Å². The number of hydrogen-bond acceptors (Lipinski definition) is 7. The molecule has 0 bridgehead atoms. The fraction of sp³-hybridized carbons (Fsp3) is 0.400. The first-order valence-electron chi connectivity index (χ1n) is 11.9. The number of piperidine rings is 1. The molecule has 2 aliphatic heterocycles. The Morgan fingerprint density at radius 3 is 2.53 bits per heavy atom. The lowest BCUT2D eigenvalue weighted by atomic mass is 9.95. The zero-order valence-electron chi connectivity index (χ0n) is 20.2. The summed E-state index contributed by atoms with van der Waals surface area (Å²) in [6.45, 7) is 2.64. The molecule has 0 unspecified atom stereocenters. The van der Waals surface area contributed by atoms with E-state index in [-0.39, 0.29) is 16.7 Å². The molecule has 3 aromatic rings. The Labute approximate surface area is 215 Å². The molecular formula is C25H28ClN5O4S. The highest BCUT2D eigenvalue weighted by molar-refractivity contribution is 7.89. The van der Waals surface area contributed by atoms with E-state index in [2.05, 4.69) is 15.0 Å². The van der Waals surface area contributed by atoms with E-state index in [0.717, 1.165) is 42.7 Å². The van der Waals surface area contributed by atoms with Gasteiger partial charge in [-0.15, -0.1) is 0 Å². The van der Waals surface area contributed by atoms with Crippen molar-refractivity contribution in [3.05, 3.63) is 58.9 Å². The van der Waals surface area contributed by atoms with Crippen LogP contribution in [-0.2, 0) is 27.8 Å². The molecule has 0 radical (unpaired) electrons. The van der Waals surface area contributed by atoms with Crippen LogP contribution in [0, 0.1) is 5.92 Å². The smallest absolute Gasteiger partial charge is 0.242 e. The average Bonchev–Trinajstić information content (AvgIpc) is 3.51. The molecule has 1 saturated heterocycles. The molecule has 36 heavy (non-hydrogen) atoms. The van der Waals surface area contributed by atoms with Crippen molar-refractivity contribution in [2.24, 2.45) is 5.92 Å². The van der Waals surface area contributed by atoms with Crippen LogP contribution in [0.3, 0.4) is 0 Å². The Morgan fingerprint density at radius 1 is 1.11 bits per heavy atom. The second-order valence-electron chi connectivity index (χ2n) is 9.39. The summed E-state index contributed by atoms with van der Waals surface area (Å²) in [5.74, 6) is 1.12. The second kappa shape index (κ2) is 9.93. The molecule has 1 aromatic heterocycles. The minimum atomic E-state index is -3.50. The molecule has 1 amide bonds. The van der Waals surface area contributed by atoms with Gasteiger partial charge in [-0.25, -0.2) is 12.7 Å². The summed E-state index contributed by atoms with van der Waals surface area (Å²) in [5.41, 5.74) is 2.56. The van der Waals surface area contributed by atoms with Gasteiger partial charge in [0.25, 0.3) is 0 Å². The number of aromatic nitrogens is 2. The number of amides is 1. The van der Waals surface area contributed by atoms with Crippen LogP contribution in [0.4, 0.5) is 5.69 Å². The summed E-state index contributed by atoms with van der Waals surface area (Å²) in [7, 11) is -0.472. The average molecular weight is 530 g/mol. The highest BCUT2D eigenvalue weighted by Gasteiger charge is 2.33. The van der Waals surface area contributed by atoms with E-state index in [1.165, 1.54) is 18.4 Å². The number of likely N-dealkylation sites (tertiary alicyclic amines) is 1. The van der Waals surface area contributed by atoms with Crippen LogP contribution >= 0.6 is 11.6 Å². The molecule has 2 aromatic carbocycles.